The molecule has 12 heteroatoms. The van der Waals surface area contributed by atoms with Gasteiger partial charge in [-0.3, -0.25) is 9.78 Å². The van der Waals surface area contributed by atoms with E-state index in [-0.39, 0.29) is 28.8 Å². The van der Waals surface area contributed by atoms with Gasteiger partial charge in [0.25, 0.3) is 5.91 Å². The average Bonchev–Trinajstić information content (AvgIpc) is 3.48. The van der Waals surface area contributed by atoms with Crippen molar-refractivity contribution < 1.29 is 13.2 Å². The van der Waals surface area contributed by atoms with E-state index in [0.29, 0.717) is 30.0 Å². The zero-order chi connectivity index (χ0) is 27.2. The van der Waals surface area contributed by atoms with Gasteiger partial charge < -0.3 is 16.0 Å². The molecule has 3 N–H and O–H groups in total. The van der Waals surface area contributed by atoms with E-state index in [4.69, 9.17) is 5.73 Å². The molecule has 2 aromatic heterocycles. The Labute approximate surface area is 241 Å². The fourth-order valence-corrected chi connectivity index (χ4v) is 6.71. The highest BCUT2D eigenvalue weighted by Crippen LogP contribution is 2.25. The molecule has 2 fully saturated rings. The number of halogens is 1. The monoisotopic (exact) mass is 585 g/mol. The maximum Gasteiger partial charge on any atom is 0.278 e. The van der Waals surface area contributed by atoms with E-state index in [1.165, 1.54) is 23.3 Å². The number of likely N-dealkylation sites (tertiary alicyclic amines) is 1. The summed E-state index contributed by atoms with van der Waals surface area (Å²) in [5, 5.41) is 2.91. The number of nitrogens with one attached hydrogen (secondary N) is 1. The number of aromatic nitrogens is 3. The van der Waals surface area contributed by atoms with E-state index in [1.807, 2.05) is 6.07 Å². The molecule has 0 unspecified atom stereocenters. The van der Waals surface area contributed by atoms with Crippen molar-refractivity contribution in [2.45, 2.75) is 49.8 Å². The molecule has 0 spiro atoms. The van der Waals surface area contributed by atoms with Crippen LogP contribution in [0, 0.1) is 0 Å². The highest BCUT2D eigenvalue weighted by molar-refractivity contribution is 7.89. The van der Waals surface area contributed by atoms with Crippen molar-refractivity contribution in [1.29, 1.82) is 0 Å². The van der Waals surface area contributed by atoms with Gasteiger partial charge >= 0.3 is 0 Å². The molecular formula is C28H36ClN7O3S. The number of rotatable bonds is 9. The van der Waals surface area contributed by atoms with E-state index in [9.17, 15) is 13.2 Å². The number of pyridine rings is 1. The first-order chi connectivity index (χ1) is 18.9. The third-order valence-corrected chi connectivity index (χ3v) is 9.31. The van der Waals surface area contributed by atoms with Crippen molar-refractivity contribution in [1.82, 2.24) is 24.2 Å². The fraction of sp³-hybridized carbons (Fsp3) is 0.429. The van der Waals surface area contributed by atoms with Crippen LogP contribution >= 0.6 is 12.4 Å². The topological polar surface area (TPSA) is 134 Å². The smallest absolute Gasteiger partial charge is 0.278 e. The summed E-state index contributed by atoms with van der Waals surface area (Å²) in [5.41, 5.74) is 8.73. The van der Waals surface area contributed by atoms with E-state index < -0.39 is 15.9 Å². The molecule has 40 heavy (non-hydrogen) atoms. The Morgan fingerprint density at radius 3 is 2.38 bits per heavy atom. The van der Waals surface area contributed by atoms with Crippen LogP contribution in [0.5, 0.6) is 0 Å². The van der Waals surface area contributed by atoms with Crippen LogP contribution in [-0.4, -0.2) is 71.2 Å². The normalized spacial score (nSPS) is 16.4. The first kappa shape index (κ1) is 29.9. The van der Waals surface area contributed by atoms with Gasteiger partial charge in [-0.25, -0.2) is 18.4 Å². The molecule has 3 aromatic rings. The number of hydrogen-bond acceptors (Lipinski definition) is 8. The SMILES string of the molecule is Cl.Nc1ncc(-c2ccc(S(=O)(=O)N3CCCCC3)cc2)nc1C(=O)Nc1cnccc1CCCN1CCCC1. The van der Waals surface area contributed by atoms with Gasteiger partial charge in [-0.1, -0.05) is 18.6 Å². The number of nitrogens with two attached hydrogens (primary N) is 1. The largest absolute Gasteiger partial charge is 0.382 e. The maximum absolute atomic E-state index is 13.2. The van der Waals surface area contributed by atoms with Crippen molar-refractivity contribution in [2.24, 2.45) is 0 Å². The minimum Gasteiger partial charge on any atom is -0.382 e. The molecule has 10 nitrogen and oxygen atoms in total. The number of piperidine rings is 1. The summed E-state index contributed by atoms with van der Waals surface area (Å²) in [6, 6.07) is 8.42. The molecule has 4 heterocycles. The van der Waals surface area contributed by atoms with E-state index in [2.05, 4.69) is 25.2 Å². The lowest BCUT2D eigenvalue weighted by Crippen LogP contribution is -2.35. The number of anilines is 2. The number of carbonyl (C=O) groups excluding carboxylic acids is 1. The first-order valence-corrected chi connectivity index (χ1v) is 15.1. The number of hydrogen-bond donors (Lipinski definition) is 2. The van der Waals surface area contributed by atoms with Crippen LogP contribution in [0.3, 0.4) is 0 Å². The maximum atomic E-state index is 13.2. The lowest BCUT2D eigenvalue weighted by Gasteiger charge is -2.25. The summed E-state index contributed by atoms with van der Waals surface area (Å²) in [4.78, 5) is 28.8. The van der Waals surface area contributed by atoms with Crippen LogP contribution in [0.15, 0.2) is 53.8 Å². The lowest BCUT2D eigenvalue weighted by molar-refractivity contribution is 0.102. The minimum absolute atomic E-state index is 0. The lowest BCUT2D eigenvalue weighted by atomic mass is 10.1. The van der Waals surface area contributed by atoms with Crippen LogP contribution < -0.4 is 11.1 Å². The fourth-order valence-electron chi connectivity index (χ4n) is 5.19. The number of benzene rings is 1. The van der Waals surface area contributed by atoms with Gasteiger partial charge in [0, 0.05) is 24.8 Å². The average molecular weight is 586 g/mol. The molecule has 0 aliphatic carbocycles. The van der Waals surface area contributed by atoms with Crippen molar-refractivity contribution in [3.05, 3.63) is 60.2 Å². The number of amides is 1. The van der Waals surface area contributed by atoms with E-state index >= 15 is 0 Å². The van der Waals surface area contributed by atoms with Crippen LogP contribution in [0.25, 0.3) is 11.3 Å². The van der Waals surface area contributed by atoms with Crippen molar-refractivity contribution in [3.63, 3.8) is 0 Å². The summed E-state index contributed by atoms with van der Waals surface area (Å²) < 4.78 is 27.5. The molecule has 2 saturated heterocycles. The third kappa shape index (κ3) is 6.95. The Kier molecular flexibility index (Phi) is 10.1. The Morgan fingerprint density at radius 1 is 0.950 bits per heavy atom. The molecule has 0 bridgehead atoms. The molecule has 1 aromatic carbocycles. The molecule has 0 saturated carbocycles. The predicted octanol–water partition coefficient (Wildman–Crippen LogP) is 4.00. The van der Waals surface area contributed by atoms with Gasteiger partial charge in [-0.2, -0.15) is 4.31 Å². The summed E-state index contributed by atoms with van der Waals surface area (Å²) in [5.74, 6) is -0.458. The zero-order valence-electron chi connectivity index (χ0n) is 22.5. The van der Waals surface area contributed by atoms with Crippen LogP contribution in [-0.2, 0) is 16.4 Å². The van der Waals surface area contributed by atoms with E-state index in [0.717, 1.165) is 57.3 Å². The molecule has 214 valence electrons. The second-order valence-electron chi connectivity index (χ2n) is 10.1. The molecule has 5 rings (SSSR count). The number of aryl methyl sites for hydroxylation is 1. The molecular weight excluding hydrogens is 550 g/mol. The van der Waals surface area contributed by atoms with Crippen molar-refractivity contribution >= 4 is 39.8 Å². The van der Waals surface area contributed by atoms with Gasteiger partial charge in [0.2, 0.25) is 10.0 Å². The Hall–Kier alpha value is -3.12. The predicted molar refractivity (Wildman–Crippen MR) is 158 cm³/mol. The summed E-state index contributed by atoms with van der Waals surface area (Å²) in [7, 11) is -3.54. The number of nitrogens with zero attached hydrogens (tertiary/aromatic N) is 5. The van der Waals surface area contributed by atoms with Crippen molar-refractivity contribution in [3.8, 4) is 11.3 Å². The summed E-state index contributed by atoms with van der Waals surface area (Å²) in [6.07, 6.45) is 12.0. The van der Waals surface area contributed by atoms with Gasteiger partial charge in [-0.05, 0) is 81.9 Å². The van der Waals surface area contributed by atoms with E-state index in [1.54, 1.807) is 36.7 Å². The van der Waals surface area contributed by atoms with Crippen LogP contribution in [0.2, 0.25) is 0 Å². The quantitative estimate of drug-likeness (QED) is 0.385. The third-order valence-electron chi connectivity index (χ3n) is 7.40. The number of carbonyl (C=O) groups is 1. The van der Waals surface area contributed by atoms with Gasteiger partial charge in [0.15, 0.2) is 11.5 Å². The Balaban J connectivity index is 0.00000370. The van der Waals surface area contributed by atoms with Crippen molar-refractivity contribution in [2.75, 3.05) is 43.8 Å². The van der Waals surface area contributed by atoms with Crippen LogP contribution in [0.1, 0.15) is 54.6 Å². The molecule has 1 amide bonds. The number of sulfonamides is 1. The standard InChI is InChI=1S/C28H35N7O3S.ClH/c29-27-26(28(36)33-24-19-30-13-12-21(24)7-6-16-34-14-4-5-15-34)32-25(20-31-27)22-8-10-23(11-9-22)39(37,38)35-17-2-1-3-18-35;/h8-13,19-20H,1-7,14-18H2,(H2,29,31)(H,33,36);1H. The molecule has 2 aliphatic rings. The Bertz CT molecular complexity index is 1410. The van der Waals surface area contributed by atoms with Gasteiger partial charge in [0.1, 0.15) is 0 Å². The Morgan fingerprint density at radius 2 is 1.65 bits per heavy atom. The van der Waals surface area contributed by atoms with Gasteiger partial charge in [0.05, 0.1) is 28.7 Å². The zero-order valence-corrected chi connectivity index (χ0v) is 24.1. The number of nitrogen functional groups attached to an aromatic ring is 1. The van der Waals surface area contributed by atoms with Crippen LogP contribution in [0.4, 0.5) is 11.5 Å². The summed E-state index contributed by atoms with van der Waals surface area (Å²) in [6.45, 7) is 4.44. The molecule has 0 radical (unpaired) electrons. The van der Waals surface area contributed by atoms with Gasteiger partial charge in [-0.15, -0.1) is 12.4 Å². The highest BCUT2D eigenvalue weighted by atomic mass is 35.5. The first-order valence-electron chi connectivity index (χ1n) is 13.6. The highest BCUT2D eigenvalue weighted by Gasteiger charge is 2.26. The molecule has 0 atom stereocenters. The second kappa shape index (κ2) is 13.5. The molecule has 2 aliphatic heterocycles. The minimum atomic E-state index is -3.54. The summed E-state index contributed by atoms with van der Waals surface area (Å²) >= 11 is 0. The second-order valence-corrected chi connectivity index (χ2v) is 12.1.